The normalized spacial score (nSPS) is 12.3. The van der Waals surface area contributed by atoms with E-state index in [1.807, 2.05) is 6.07 Å². The Balaban J connectivity index is 3.05. The molecule has 0 aromatic heterocycles. The van der Waals surface area contributed by atoms with Crippen molar-refractivity contribution in [2.24, 2.45) is 5.73 Å². The van der Waals surface area contributed by atoms with E-state index >= 15 is 0 Å². The number of ether oxygens (including phenoxy) is 1. The molecule has 0 fully saturated rings. The van der Waals surface area contributed by atoms with Crippen LogP contribution < -0.4 is 5.73 Å². The topological polar surface area (TPSA) is 110 Å². The van der Waals surface area contributed by atoms with Gasteiger partial charge in [-0.2, -0.15) is 0 Å². The first-order chi connectivity index (χ1) is 12.7. The molecule has 0 aliphatic carbocycles. The Bertz CT molecular complexity index is 625. The Hall–Kier alpha value is -2.41. The second kappa shape index (κ2) is 10.7. The summed E-state index contributed by atoms with van der Waals surface area (Å²) < 4.78 is 5.30. The molecule has 7 nitrogen and oxygen atoms in total. The Morgan fingerprint density at radius 3 is 2.26 bits per heavy atom. The zero-order valence-corrected chi connectivity index (χ0v) is 16.3. The van der Waals surface area contributed by atoms with Crippen molar-refractivity contribution in [1.82, 2.24) is 4.90 Å². The van der Waals surface area contributed by atoms with Crippen molar-refractivity contribution in [3.05, 3.63) is 35.9 Å². The van der Waals surface area contributed by atoms with Gasteiger partial charge in [0.2, 0.25) is 5.91 Å². The van der Waals surface area contributed by atoms with Crippen LogP contribution in [0.2, 0.25) is 0 Å². The number of hydrogen-bond donors (Lipinski definition) is 2. The van der Waals surface area contributed by atoms with Crippen LogP contribution in [0.1, 0.15) is 52.0 Å². The number of imide groups is 1. The fraction of sp³-hybridized carbons (Fsp3) is 0.550. The van der Waals surface area contributed by atoms with Crippen LogP contribution in [-0.4, -0.2) is 46.2 Å². The summed E-state index contributed by atoms with van der Waals surface area (Å²) in [6, 6.07) is 7.56. The molecule has 1 aromatic rings. The lowest BCUT2D eigenvalue weighted by molar-refractivity contribution is -0.149. The third-order valence-electron chi connectivity index (χ3n) is 3.82. The molecule has 0 aliphatic rings. The SMILES string of the molecule is CC(C)(C)OC(=O)N(C(=O)CCCCCN)[C@H](Cc1ccccc1)C(=O)O. The average Bonchev–Trinajstić information content (AvgIpc) is 2.57. The number of carboxylic acid groups (broad SMARTS) is 1. The second-order valence-corrected chi connectivity index (χ2v) is 7.39. The minimum absolute atomic E-state index is 0.0178. The number of unbranched alkanes of at least 4 members (excludes halogenated alkanes) is 2. The molecular weight excluding hydrogens is 348 g/mol. The Morgan fingerprint density at radius 1 is 1.11 bits per heavy atom. The van der Waals surface area contributed by atoms with E-state index in [2.05, 4.69) is 0 Å². The summed E-state index contributed by atoms with van der Waals surface area (Å²) in [5.41, 5.74) is 5.32. The molecule has 0 saturated heterocycles. The number of carboxylic acids is 1. The summed E-state index contributed by atoms with van der Waals surface area (Å²) in [5, 5.41) is 9.69. The number of carbonyl (C=O) groups excluding carboxylic acids is 2. The minimum Gasteiger partial charge on any atom is -0.480 e. The van der Waals surface area contributed by atoms with Crippen LogP contribution in [0, 0.1) is 0 Å². The van der Waals surface area contributed by atoms with Gasteiger partial charge >= 0.3 is 12.1 Å². The third kappa shape index (κ3) is 8.21. The Morgan fingerprint density at radius 2 is 1.74 bits per heavy atom. The molecule has 0 aliphatic heterocycles. The molecule has 1 atom stereocenters. The van der Waals surface area contributed by atoms with Crippen molar-refractivity contribution in [3.8, 4) is 0 Å². The van der Waals surface area contributed by atoms with Gasteiger partial charge in [-0.3, -0.25) is 4.79 Å². The Kier molecular flexibility index (Phi) is 8.94. The minimum atomic E-state index is -1.33. The molecule has 0 heterocycles. The van der Waals surface area contributed by atoms with Crippen LogP contribution in [0.4, 0.5) is 4.79 Å². The van der Waals surface area contributed by atoms with Crippen molar-refractivity contribution in [1.29, 1.82) is 0 Å². The van der Waals surface area contributed by atoms with Gasteiger partial charge in [-0.15, -0.1) is 0 Å². The maximum atomic E-state index is 12.7. The number of nitrogens with two attached hydrogens (primary N) is 1. The Labute approximate surface area is 160 Å². The van der Waals surface area contributed by atoms with E-state index in [0.717, 1.165) is 23.3 Å². The quantitative estimate of drug-likeness (QED) is 0.639. The van der Waals surface area contributed by atoms with Crippen LogP contribution >= 0.6 is 0 Å². The first kappa shape index (κ1) is 22.6. The average molecular weight is 378 g/mol. The number of aliphatic carboxylic acids is 1. The molecule has 150 valence electrons. The zero-order chi connectivity index (χ0) is 20.4. The molecule has 0 radical (unpaired) electrons. The van der Waals surface area contributed by atoms with E-state index in [0.29, 0.717) is 13.0 Å². The van der Waals surface area contributed by atoms with Gasteiger partial charge in [-0.25, -0.2) is 14.5 Å². The summed E-state index contributed by atoms with van der Waals surface area (Å²) in [7, 11) is 0. The van der Waals surface area contributed by atoms with E-state index in [1.54, 1.807) is 45.0 Å². The summed E-state index contributed by atoms with van der Waals surface area (Å²) in [6.07, 6.45) is 1.19. The molecule has 3 N–H and O–H groups in total. The predicted octanol–water partition coefficient (Wildman–Crippen LogP) is 2.97. The van der Waals surface area contributed by atoms with Gasteiger partial charge in [0.25, 0.3) is 0 Å². The number of benzene rings is 1. The van der Waals surface area contributed by atoms with Gasteiger partial charge in [0, 0.05) is 12.8 Å². The smallest absolute Gasteiger partial charge is 0.417 e. The van der Waals surface area contributed by atoms with Gasteiger partial charge in [-0.1, -0.05) is 36.8 Å². The summed E-state index contributed by atoms with van der Waals surface area (Å²) in [5.74, 6) is -1.80. The molecular formula is C20H30N2O5. The largest absolute Gasteiger partial charge is 0.480 e. The first-order valence-electron chi connectivity index (χ1n) is 9.17. The lowest BCUT2D eigenvalue weighted by Gasteiger charge is -2.30. The maximum absolute atomic E-state index is 12.7. The van der Waals surface area contributed by atoms with Crippen LogP contribution in [0.5, 0.6) is 0 Å². The zero-order valence-electron chi connectivity index (χ0n) is 16.3. The van der Waals surface area contributed by atoms with Crippen molar-refractivity contribution in [3.63, 3.8) is 0 Å². The van der Waals surface area contributed by atoms with E-state index in [-0.39, 0.29) is 12.8 Å². The number of hydrogen-bond acceptors (Lipinski definition) is 5. The van der Waals surface area contributed by atoms with E-state index < -0.39 is 29.6 Å². The van der Waals surface area contributed by atoms with Gasteiger partial charge in [-0.05, 0) is 45.7 Å². The van der Waals surface area contributed by atoms with Gasteiger partial charge in [0.1, 0.15) is 11.6 Å². The molecule has 0 unspecified atom stereocenters. The van der Waals surface area contributed by atoms with Gasteiger partial charge < -0.3 is 15.6 Å². The first-order valence-corrected chi connectivity index (χ1v) is 9.17. The number of rotatable bonds is 9. The highest BCUT2D eigenvalue weighted by Crippen LogP contribution is 2.18. The lowest BCUT2D eigenvalue weighted by atomic mass is 10.0. The van der Waals surface area contributed by atoms with Crippen molar-refractivity contribution in [2.75, 3.05) is 6.54 Å². The highest BCUT2D eigenvalue weighted by molar-refractivity contribution is 5.96. The maximum Gasteiger partial charge on any atom is 0.417 e. The predicted molar refractivity (Wildman–Crippen MR) is 102 cm³/mol. The standard InChI is InChI=1S/C20H30N2O5/c1-20(2,3)27-19(26)22(17(23)12-8-5-9-13-21)16(18(24)25)14-15-10-6-4-7-11-15/h4,6-7,10-11,16H,5,8-9,12-14,21H2,1-3H3,(H,24,25)/t16-/m1/s1. The van der Waals surface area contributed by atoms with Gasteiger partial charge in [0.15, 0.2) is 0 Å². The molecule has 0 bridgehead atoms. The highest BCUT2D eigenvalue weighted by atomic mass is 16.6. The molecule has 1 rings (SSSR count). The fourth-order valence-electron chi connectivity index (χ4n) is 2.56. The molecule has 0 spiro atoms. The monoisotopic (exact) mass is 378 g/mol. The summed E-state index contributed by atoms with van der Waals surface area (Å²) >= 11 is 0. The van der Waals surface area contributed by atoms with Crippen molar-refractivity contribution >= 4 is 18.0 Å². The van der Waals surface area contributed by atoms with Crippen molar-refractivity contribution < 1.29 is 24.2 Å². The van der Waals surface area contributed by atoms with Crippen LogP contribution in [0.3, 0.4) is 0 Å². The number of nitrogens with zero attached hydrogens (tertiary/aromatic N) is 1. The lowest BCUT2D eigenvalue weighted by Crippen LogP contribution is -2.51. The molecule has 27 heavy (non-hydrogen) atoms. The number of amides is 2. The van der Waals surface area contributed by atoms with Gasteiger partial charge in [0.05, 0.1) is 0 Å². The number of carbonyl (C=O) groups is 3. The molecule has 7 heteroatoms. The van der Waals surface area contributed by atoms with Crippen LogP contribution in [0.15, 0.2) is 30.3 Å². The third-order valence-corrected chi connectivity index (χ3v) is 3.82. The summed E-state index contributed by atoms with van der Waals surface area (Å²) in [4.78, 5) is 38.0. The summed E-state index contributed by atoms with van der Waals surface area (Å²) in [6.45, 7) is 5.53. The van der Waals surface area contributed by atoms with Crippen molar-refractivity contribution in [2.45, 2.75) is 64.5 Å². The fourth-order valence-corrected chi connectivity index (χ4v) is 2.56. The second-order valence-electron chi connectivity index (χ2n) is 7.39. The molecule has 1 aromatic carbocycles. The van der Waals surface area contributed by atoms with E-state index in [1.165, 1.54) is 0 Å². The molecule has 2 amide bonds. The molecule has 0 saturated carbocycles. The van der Waals surface area contributed by atoms with E-state index in [9.17, 15) is 19.5 Å². The van der Waals surface area contributed by atoms with Crippen LogP contribution in [-0.2, 0) is 20.7 Å². The van der Waals surface area contributed by atoms with Crippen LogP contribution in [0.25, 0.3) is 0 Å². The van der Waals surface area contributed by atoms with E-state index in [4.69, 9.17) is 10.5 Å². The highest BCUT2D eigenvalue weighted by Gasteiger charge is 2.37.